The van der Waals surface area contributed by atoms with E-state index in [2.05, 4.69) is 24.4 Å². The molecule has 1 aliphatic rings. The Morgan fingerprint density at radius 3 is 2.58 bits per heavy atom. The fraction of sp³-hybridized carbons (Fsp3) is 0.357. The lowest BCUT2D eigenvalue weighted by Crippen LogP contribution is -2.51. The van der Waals surface area contributed by atoms with Crippen LogP contribution < -0.4 is 10.1 Å². The van der Waals surface area contributed by atoms with Crippen LogP contribution in [-0.4, -0.2) is 18.3 Å². The minimum absolute atomic E-state index is 0.236. The Kier molecular flexibility index (Phi) is 7.01. The molecule has 0 radical (unpaired) electrons. The number of fused-ring (bicyclic) bond motifs is 1. The third-order valence-corrected chi connectivity index (χ3v) is 6.06. The highest BCUT2D eigenvalue weighted by molar-refractivity contribution is 5.54. The molecule has 4 nitrogen and oxygen atoms in total. The van der Waals surface area contributed by atoms with E-state index in [1.807, 2.05) is 57.2 Å². The summed E-state index contributed by atoms with van der Waals surface area (Å²) in [6.45, 7) is 9.74. The lowest BCUT2D eigenvalue weighted by atomic mass is 9.87. The molecule has 0 bridgehead atoms. The van der Waals surface area contributed by atoms with Gasteiger partial charge in [-0.1, -0.05) is 36.4 Å². The molecular weight excluding hydrogens is 417 g/mol. The molecule has 2 unspecified atom stereocenters. The van der Waals surface area contributed by atoms with Crippen molar-refractivity contribution in [2.45, 2.75) is 58.7 Å². The predicted octanol–water partition coefficient (Wildman–Crippen LogP) is 6.58. The first-order chi connectivity index (χ1) is 15.9. The average molecular weight is 450 g/mol. The van der Waals surface area contributed by atoms with E-state index in [4.69, 9.17) is 14.2 Å². The summed E-state index contributed by atoms with van der Waals surface area (Å²) >= 11 is 0. The summed E-state index contributed by atoms with van der Waals surface area (Å²) in [5.41, 5.74) is 4.54. The summed E-state index contributed by atoms with van der Waals surface area (Å²) < 4.78 is 32.6. The van der Waals surface area contributed by atoms with E-state index >= 15 is 0 Å². The Morgan fingerprint density at radius 2 is 1.82 bits per heavy atom. The Bertz CT molecular complexity index is 1100. The zero-order valence-corrected chi connectivity index (χ0v) is 19.7. The van der Waals surface area contributed by atoms with Gasteiger partial charge in [-0.2, -0.15) is 0 Å². The number of halogens is 1. The maximum Gasteiger partial charge on any atom is 0.132 e. The van der Waals surface area contributed by atoms with Gasteiger partial charge in [0.1, 0.15) is 29.4 Å². The molecule has 33 heavy (non-hydrogen) atoms. The van der Waals surface area contributed by atoms with Crippen LogP contribution in [0.15, 0.2) is 66.7 Å². The van der Waals surface area contributed by atoms with Crippen LogP contribution in [0.2, 0.25) is 0 Å². The Morgan fingerprint density at radius 1 is 1.00 bits per heavy atom. The lowest BCUT2D eigenvalue weighted by molar-refractivity contribution is -0.166. The van der Waals surface area contributed by atoms with Crippen LogP contribution in [0.25, 0.3) is 0 Å². The van der Waals surface area contributed by atoms with E-state index in [9.17, 15) is 4.39 Å². The first-order valence-corrected chi connectivity index (χ1v) is 11.5. The molecule has 174 valence electrons. The van der Waals surface area contributed by atoms with Gasteiger partial charge in [0.05, 0.1) is 6.61 Å². The number of benzene rings is 3. The van der Waals surface area contributed by atoms with Crippen LogP contribution in [0, 0.1) is 12.7 Å². The van der Waals surface area contributed by atoms with Crippen LogP contribution in [0.4, 0.5) is 10.1 Å². The number of anilines is 1. The Hall–Kier alpha value is -2.89. The normalized spacial score (nSPS) is 18.9. The van der Waals surface area contributed by atoms with Crippen LogP contribution in [0.1, 0.15) is 49.1 Å². The zero-order valence-electron chi connectivity index (χ0n) is 19.7. The van der Waals surface area contributed by atoms with Gasteiger partial charge in [0, 0.05) is 24.4 Å². The van der Waals surface area contributed by atoms with Crippen LogP contribution >= 0.6 is 0 Å². The van der Waals surface area contributed by atoms with Crippen molar-refractivity contribution in [3.8, 4) is 5.75 Å². The quantitative estimate of drug-likeness (QED) is 0.422. The average Bonchev–Trinajstić information content (AvgIpc) is 2.78. The van der Waals surface area contributed by atoms with Gasteiger partial charge < -0.3 is 19.5 Å². The van der Waals surface area contributed by atoms with Crippen LogP contribution in [0.3, 0.4) is 0 Å². The van der Waals surface area contributed by atoms with Crippen LogP contribution in [0.5, 0.6) is 5.75 Å². The Labute approximate surface area is 195 Å². The van der Waals surface area contributed by atoms with Crippen molar-refractivity contribution in [1.29, 1.82) is 0 Å². The molecule has 0 fully saturated rings. The van der Waals surface area contributed by atoms with E-state index in [1.54, 1.807) is 6.07 Å². The summed E-state index contributed by atoms with van der Waals surface area (Å²) in [5.74, 6) is 0.561. The standard InChI is InChI=1S/C28H32FNO3/c1-5-31-26-24-16-23(30-17-20-10-8-12-22(29)15-20)13-14-25(24)33-28(3,4)27(26)32-18-21-11-7-6-9-19(21)2/h6-16,26-27,30H,5,17-18H2,1-4H3. The number of ether oxygens (including phenoxy) is 3. The molecule has 3 aromatic carbocycles. The minimum Gasteiger partial charge on any atom is -0.485 e. The number of rotatable bonds is 8. The summed E-state index contributed by atoms with van der Waals surface area (Å²) in [7, 11) is 0. The van der Waals surface area contributed by atoms with Gasteiger partial charge in [-0.3, -0.25) is 0 Å². The molecule has 0 spiro atoms. The molecular formula is C28H32FNO3. The molecule has 0 saturated heterocycles. The van der Waals surface area contributed by atoms with Gasteiger partial charge in [0.25, 0.3) is 0 Å². The second kappa shape index (κ2) is 9.94. The molecule has 0 aliphatic carbocycles. The number of hydrogen-bond donors (Lipinski definition) is 1. The SMILES string of the molecule is CCOC1c2cc(NCc3cccc(F)c3)ccc2OC(C)(C)C1OCc1ccccc1C. The lowest BCUT2D eigenvalue weighted by Gasteiger charge is -2.44. The molecule has 1 N–H and O–H groups in total. The fourth-order valence-electron chi connectivity index (χ4n) is 4.29. The second-order valence-corrected chi connectivity index (χ2v) is 8.98. The van der Waals surface area contributed by atoms with E-state index in [1.165, 1.54) is 17.7 Å². The van der Waals surface area contributed by atoms with E-state index in [-0.39, 0.29) is 18.0 Å². The van der Waals surface area contributed by atoms with Crippen molar-refractivity contribution >= 4 is 5.69 Å². The molecule has 0 saturated carbocycles. The first kappa shape index (κ1) is 23.3. The molecule has 0 amide bonds. The number of aryl methyl sites for hydroxylation is 1. The van der Waals surface area contributed by atoms with Crippen molar-refractivity contribution in [3.05, 3.63) is 94.8 Å². The monoisotopic (exact) mass is 449 g/mol. The molecule has 2 atom stereocenters. The van der Waals surface area contributed by atoms with Crippen LogP contribution in [-0.2, 0) is 22.6 Å². The van der Waals surface area contributed by atoms with Gasteiger partial charge in [-0.05, 0) is 74.7 Å². The molecule has 1 aliphatic heterocycles. The largest absolute Gasteiger partial charge is 0.485 e. The van der Waals surface area contributed by atoms with Gasteiger partial charge >= 0.3 is 0 Å². The summed E-state index contributed by atoms with van der Waals surface area (Å²) in [5, 5.41) is 3.38. The minimum atomic E-state index is -0.563. The second-order valence-electron chi connectivity index (χ2n) is 8.98. The van der Waals surface area contributed by atoms with Crippen molar-refractivity contribution in [2.24, 2.45) is 0 Å². The van der Waals surface area contributed by atoms with Crippen molar-refractivity contribution in [2.75, 3.05) is 11.9 Å². The van der Waals surface area contributed by atoms with E-state index in [0.29, 0.717) is 19.8 Å². The van der Waals surface area contributed by atoms with Gasteiger partial charge in [-0.25, -0.2) is 4.39 Å². The maximum atomic E-state index is 13.5. The van der Waals surface area contributed by atoms with Gasteiger partial charge in [0.2, 0.25) is 0 Å². The van der Waals surface area contributed by atoms with Crippen molar-refractivity contribution in [3.63, 3.8) is 0 Å². The Balaban J connectivity index is 1.57. The smallest absolute Gasteiger partial charge is 0.132 e. The molecule has 1 heterocycles. The number of hydrogen-bond acceptors (Lipinski definition) is 4. The van der Waals surface area contributed by atoms with Crippen molar-refractivity contribution in [1.82, 2.24) is 0 Å². The third-order valence-electron chi connectivity index (χ3n) is 6.06. The highest BCUT2D eigenvalue weighted by Crippen LogP contribution is 2.44. The van der Waals surface area contributed by atoms with Crippen molar-refractivity contribution < 1.29 is 18.6 Å². The summed E-state index contributed by atoms with van der Waals surface area (Å²) in [6.07, 6.45) is -0.559. The highest BCUT2D eigenvalue weighted by Gasteiger charge is 2.45. The molecule has 5 heteroatoms. The molecule has 4 rings (SSSR count). The predicted molar refractivity (Wildman–Crippen MR) is 129 cm³/mol. The molecule has 3 aromatic rings. The maximum absolute atomic E-state index is 13.5. The van der Waals surface area contributed by atoms with Gasteiger partial charge in [0.15, 0.2) is 0 Å². The van der Waals surface area contributed by atoms with E-state index < -0.39 is 5.60 Å². The topological polar surface area (TPSA) is 39.7 Å². The first-order valence-electron chi connectivity index (χ1n) is 11.5. The summed E-state index contributed by atoms with van der Waals surface area (Å²) in [6, 6.07) is 20.8. The van der Waals surface area contributed by atoms with Gasteiger partial charge in [-0.15, -0.1) is 0 Å². The van der Waals surface area contributed by atoms with E-state index in [0.717, 1.165) is 28.1 Å². The number of nitrogens with one attached hydrogen (secondary N) is 1. The highest BCUT2D eigenvalue weighted by atomic mass is 19.1. The zero-order chi connectivity index (χ0) is 23.4. The third kappa shape index (κ3) is 5.37. The fourth-order valence-corrected chi connectivity index (χ4v) is 4.29. The summed E-state index contributed by atoms with van der Waals surface area (Å²) in [4.78, 5) is 0. The molecule has 0 aromatic heterocycles.